The van der Waals surface area contributed by atoms with Gasteiger partial charge in [-0.3, -0.25) is 0 Å². The maximum Gasteiger partial charge on any atom is 0.257 e. The minimum absolute atomic E-state index is 0.109. The highest BCUT2D eigenvalue weighted by Crippen LogP contribution is 2.45. The highest BCUT2D eigenvalue weighted by Gasteiger charge is 2.32. The zero-order valence-corrected chi connectivity index (χ0v) is 16.3. The summed E-state index contributed by atoms with van der Waals surface area (Å²) in [5.74, 6) is 0.744. The highest BCUT2D eigenvalue weighted by molar-refractivity contribution is 8.00. The van der Waals surface area contributed by atoms with Crippen molar-refractivity contribution in [1.29, 1.82) is 0 Å². The van der Waals surface area contributed by atoms with E-state index in [-0.39, 0.29) is 5.25 Å². The number of oxime groups is 1. The van der Waals surface area contributed by atoms with E-state index in [1.807, 2.05) is 72.8 Å². The molecule has 0 amide bonds. The molecule has 5 rings (SSSR count). The summed E-state index contributed by atoms with van der Waals surface area (Å²) < 4.78 is 6.24. The molecule has 0 aliphatic heterocycles. The zero-order chi connectivity index (χ0) is 19.6. The Hall–Kier alpha value is -3.31. The Kier molecular flexibility index (Phi) is 4.66. The second-order valence-electron chi connectivity index (χ2n) is 6.85. The molecule has 4 aromatic rings. The summed E-state index contributed by atoms with van der Waals surface area (Å²) in [7, 11) is 0. The minimum Gasteiger partial charge on any atom is -0.431 e. The summed E-state index contributed by atoms with van der Waals surface area (Å²) in [5, 5.41) is 13.5. The first-order chi connectivity index (χ1) is 14.3. The van der Waals surface area contributed by atoms with Crippen LogP contribution in [0.3, 0.4) is 0 Å². The summed E-state index contributed by atoms with van der Waals surface area (Å²) in [6, 6.07) is 28.2. The Morgan fingerprint density at radius 1 is 0.862 bits per heavy atom. The molecule has 1 aliphatic carbocycles. The molecule has 0 saturated heterocycles. The van der Waals surface area contributed by atoms with E-state index in [1.165, 1.54) is 17.3 Å². The van der Waals surface area contributed by atoms with Crippen LogP contribution in [0.1, 0.15) is 16.4 Å². The molecule has 1 unspecified atom stereocenters. The van der Waals surface area contributed by atoms with Gasteiger partial charge in [-0.1, -0.05) is 102 Å². The van der Waals surface area contributed by atoms with Gasteiger partial charge in [0.1, 0.15) is 5.69 Å². The monoisotopic (exact) mass is 398 g/mol. The van der Waals surface area contributed by atoms with E-state index >= 15 is 0 Å². The molecule has 1 aliphatic rings. The lowest BCUT2D eigenvalue weighted by Gasteiger charge is -2.08. The van der Waals surface area contributed by atoms with Crippen LogP contribution >= 0.6 is 11.8 Å². The SMILES string of the molecule is O/N=C1\Cc2ccccc2C1Sc1nc(-c2ccccc2)c(-c2ccccc2)o1. The standard InChI is InChI=1S/C24H18N2O2S/c27-26-20-15-18-13-7-8-14-19(18)23(20)29-24-25-21(16-9-3-1-4-10-16)22(28-24)17-11-5-2-6-12-17/h1-14,23,27H,15H2/b26-20+. The summed E-state index contributed by atoms with van der Waals surface area (Å²) in [6.45, 7) is 0. The zero-order valence-electron chi connectivity index (χ0n) is 15.5. The van der Waals surface area contributed by atoms with Crippen molar-refractivity contribution < 1.29 is 9.62 Å². The quantitative estimate of drug-likeness (QED) is 0.327. The molecule has 0 fully saturated rings. The topological polar surface area (TPSA) is 58.6 Å². The molecule has 1 aromatic heterocycles. The van der Waals surface area contributed by atoms with E-state index in [9.17, 15) is 5.21 Å². The lowest BCUT2D eigenvalue weighted by atomic mass is 10.1. The average molecular weight is 398 g/mol. The van der Waals surface area contributed by atoms with Crippen molar-refractivity contribution in [2.45, 2.75) is 16.9 Å². The summed E-state index contributed by atoms with van der Waals surface area (Å²) in [6.07, 6.45) is 0.641. The van der Waals surface area contributed by atoms with E-state index in [0.29, 0.717) is 11.6 Å². The van der Waals surface area contributed by atoms with Crippen LogP contribution < -0.4 is 0 Å². The van der Waals surface area contributed by atoms with Crippen molar-refractivity contribution in [1.82, 2.24) is 4.98 Å². The van der Waals surface area contributed by atoms with Crippen molar-refractivity contribution in [2.75, 3.05) is 0 Å². The Morgan fingerprint density at radius 2 is 1.52 bits per heavy atom. The number of oxazole rings is 1. The Balaban J connectivity index is 1.57. The maximum absolute atomic E-state index is 9.53. The van der Waals surface area contributed by atoms with Gasteiger partial charge in [0.2, 0.25) is 0 Å². The molecular formula is C24H18N2O2S. The first-order valence-electron chi connectivity index (χ1n) is 9.40. The van der Waals surface area contributed by atoms with E-state index in [2.05, 4.69) is 17.3 Å². The summed E-state index contributed by atoms with van der Waals surface area (Å²) in [4.78, 5) is 4.82. The van der Waals surface area contributed by atoms with Crippen LogP contribution in [-0.4, -0.2) is 15.9 Å². The first kappa shape index (κ1) is 17.8. The van der Waals surface area contributed by atoms with Gasteiger partial charge in [0.15, 0.2) is 5.76 Å². The number of thioether (sulfide) groups is 1. The molecule has 0 saturated carbocycles. The van der Waals surface area contributed by atoms with Crippen LogP contribution in [0.2, 0.25) is 0 Å². The number of aromatic nitrogens is 1. The number of nitrogens with zero attached hydrogens (tertiary/aromatic N) is 2. The van der Waals surface area contributed by atoms with Gasteiger partial charge in [0.05, 0.1) is 11.0 Å². The number of hydrogen-bond donors (Lipinski definition) is 1. The lowest BCUT2D eigenvalue weighted by molar-refractivity contribution is 0.317. The fourth-order valence-electron chi connectivity index (χ4n) is 3.67. The molecule has 3 aromatic carbocycles. The molecule has 4 nitrogen and oxygen atoms in total. The maximum atomic E-state index is 9.53. The van der Waals surface area contributed by atoms with Crippen LogP contribution in [0, 0.1) is 0 Å². The van der Waals surface area contributed by atoms with Crippen LogP contribution in [0.15, 0.2) is 99.7 Å². The Bertz CT molecular complexity index is 1110. The smallest absolute Gasteiger partial charge is 0.257 e. The Morgan fingerprint density at radius 3 is 2.24 bits per heavy atom. The van der Waals surface area contributed by atoms with Gasteiger partial charge in [-0.15, -0.1) is 0 Å². The van der Waals surface area contributed by atoms with Gasteiger partial charge in [-0.05, 0) is 11.1 Å². The van der Waals surface area contributed by atoms with Gasteiger partial charge >= 0.3 is 0 Å². The van der Waals surface area contributed by atoms with Crippen LogP contribution in [0.4, 0.5) is 0 Å². The molecule has 0 bridgehead atoms. The van der Waals surface area contributed by atoms with Crippen LogP contribution in [0.25, 0.3) is 22.6 Å². The van der Waals surface area contributed by atoms with E-state index in [1.54, 1.807) is 0 Å². The van der Waals surface area contributed by atoms with E-state index in [0.717, 1.165) is 33.9 Å². The third-order valence-corrected chi connectivity index (χ3v) is 6.19. The Labute approximate surface area is 172 Å². The second kappa shape index (κ2) is 7.60. The lowest BCUT2D eigenvalue weighted by Crippen LogP contribution is -2.02. The normalized spacial score (nSPS) is 16.8. The predicted octanol–water partition coefficient (Wildman–Crippen LogP) is 6.23. The van der Waals surface area contributed by atoms with Crippen molar-refractivity contribution >= 4 is 17.5 Å². The van der Waals surface area contributed by atoms with Crippen molar-refractivity contribution in [3.05, 3.63) is 96.1 Å². The molecule has 0 radical (unpaired) electrons. The third-order valence-electron chi connectivity index (χ3n) is 5.05. The average Bonchev–Trinajstić information content (AvgIpc) is 3.37. The molecule has 1 heterocycles. The van der Waals surface area contributed by atoms with E-state index < -0.39 is 0 Å². The highest BCUT2D eigenvalue weighted by atomic mass is 32.2. The third kappa shape index (κ3) is 3.34. The molecule has 29 heavy (non-hydrogen) atoms. The van der Waals surface area contributed by atoms with Gasteiger partial charge < -0.3 is 9.62 Å². The molecule has 1 N–H and O–H groups in total. The molecule has 1 atom stereocenters. The number of rotatable bonds is 4. The largest absolute Gasteiger partial charge is 0.431 e. The fraction of sp³-hybridized carbons (Fsp3) is 0.0833. The molecule has 5 heteroatoms. The number of benzene rings is 3. The van der Waals surface area contributed by atoms with Gasteiger partial charge in [0, 0.05) is 17.5 Å². The number of hydrogen-bond acceptors (Lipinski definition) is 5. The van der Waals surface area contributed by atoms with Gasteiger partial charge in [0.25, 0.3) is 5.22 Å². The van der Waals surface area contributed by atoms with Gasteiger partial charge in [-0.2, -0.15) is 0 Å². The van der Waals surface area contributed by atoms with Crippen molar-refractivity contribution in [3.63, 3.8) is 0 Å². The first-order valence-corrected chi connectivity index (χ1v) is 10.3. The van der Waals surface area contributed by atoms with Crippen LogP contribution in [-0.2, 0) is 6.42 Å². The fourth-order valence-corrected chi connectivity index (χ4v) is 4.77. The number of fused-ring (bicyclic) bond motifs is 1. The molecule has 142 valence electrons. The van der Waals surface area contributed by atoms with Crippen LogP contribution in [0.5, 0.6) is 0 Å². The van der Waals surface area contributed by atoms with Crippen molar-refractivity contribution in [2.24, 2.45) is 5.16 Å². The summed E-state index contributed by atoms with van der Waals surface area (Å²) in [5.41, 5.74) is 5.84. The molecule has 0 spiro atoms. The van der Waals surface area contributed by atoms with Crippen molar-refractivity contribution in [3.8, 4) is 22.6 Å². The summed E-state index contributed by atoms with van der Waals surface area (Å²) >= 11 is 1.48. The minimum atomic E-state index is -0.109. The predicted molar refractivity (Wildman–Crippen MR) is 115 cm³/mol. The van der Waals surface area contributed by atoms with Gasteiger partial charge in [-0.25, -0.2) is 4.98 Å². The second-order valence-corrected chi connectivity index (χ2v) is 7.91. The molecular weight excluding hydrogens is 380 g/mol. The van der Waals surface area contributed by atoms with E-state index in [4.69, 9.17) is 9.40 Å².